The summed E-state index contributed by atoms with van der Waals surface area (Å²) >= 11 is 0. The molecule has 0 heterocycles. The maximum atomic E-state index is 8.78. The second-order valence-corrected chi connectivity index (χ2v) is 1.69. The van der Waals surface area contributed by atoms with E-state index in [1.54, 1.807) is 0 Å². The number of hydrogen-bond acceptors (Lipinski definition) is 5. The van der Waals surface area contributed by atoms with Gasteiger partial charge in [-0.2, -0.15) is 0 Å². The van der Waals surface area contributed by atoms with E-state index in [2.05, 4.69) is 28.7 Å². The molecule has 0 aliphatic rings. The van der Waals surface area contributed by atoms with Gasteiger partial charge in [0.2, 0.25) is 0 Å². The first kappa shape index (κ1) is 36.1. The van der Waals surface area contributed by atoms with Crippen LogP contribution in [0.3, 0.4) is 0 Å². The van der Waals surface area contributed by atoms with E-state index in [-0.39, 0.29) is 16.8 Å². The summed E-state index contributed by atoms with van der Waals surface area (Å²) in [7, 11) is 0. The molecule has 5 amide bonds. The summed E-state index contributed by atoms with van der Waals surface area (Å²) < 4.78 is 0. The molecule has 0 bridgehead atoms. The average Bonchev–Trinajstić information content (AvgIpc) is 1.94. The summed E-state index contributed by atoms with van der Waals surface area (Å²) in [5.74, 6) is 0. The smallest absolute Gasteiger partial charge is 0.402 e. The molecule has 0 spiro atoms. The molecule has 129 valence electrons. The van der Waals surface area contributed by atoms with Crippen molar-refractivity contribution in [1.29, 1.82) is 0 Å². The molecule has 0 aliphatic carbocycles. The minimum atomic E-state index is -1.33. The average molecular weight is 364 g/mol. The van der Waals surface area contributed by atoms with Crippen LogP contribution in [0.5, 0.6) is 0 Å². The van der Waals surface area contributed by atoms with E-state index in [0.29, 0.717) is 0 Å². The number of hydrogen-bond donors (Lipinski definition) is 10. The van der Waals surface area contributed by atoms with E-state index in [1.807, 2.05) is 0 Å². The maximum Gasteiger partial charge on any atom is 0.402 e. The molecule has 0 fully saturated rings. The molecule has 0 atom stereocenters. The third-order valence-corrected chi connectivity index (χ3v) is 0. The third kappa shape index (κ3) is 377. The number of carbonyl (C=O) groups is 5. The minimum absolute atomic E-state index is 0. The standard InChI is InChI=1S/5CH3NO2.Co/c5*2-1(3)4;/h5*2H2,(H,3,4);. The van der Waals surface area contributed by atoms with Crippen molar-refractivity contribution in [1.82, 2.24) is 0 Å². The summed E-state index contributed by atoms with van der Waals surface area (Å²) in [5, 5.41) is 36.0. The summed E-state index contributed by atoms with van der Waals surface area (Å²) in [4.78, 5) is 43.9. The van der Waals surface area contributed by atoms with Crippen molar-refractivity contribution in [2.75, 3.05) is 0 Å². The number of amides is 5. The Morgan fingerprint density at radius 1 is 0.429 bits per heavy atom. The number of primary amides is 5. The molecule has 21 heavy (non-hydrogen) atoms. The molecule has 1 radical (unpaired) electrons. The SMILES string of the molecule is NC(=O)O.NC(=O)O.NC(=O)O.NC(=O)O.NC(=O)O.[Co]. The minimum Gasteiger partial charge on any atom is -0.465 e. The van der Waals surface area contributed by atoms with Crippen LogP contribution in [0.1, 0.15) is 0 Å². The number of rotatable bonds is 0. The van der Waals surface area contributed by atoms with E-state index in [9.17, 15) is 0 Å². The van der Waals surface area contributed by atoms with Gasteiger partial charge in [0.25, 0.3) is 0 Å². The summed E-state index contributed by atoms with van der Waals surface area (Å²) in [6.07, 6.45) is -6.67. The van der Waals surface area contributed by atoms with Gasteiger partial charge in [-0.15, -0.1) is 0 Å². The molecule has 0 aromatic rings. The van der Waals surface area contributed by atoms with Gasteiger partial charge >= 0.3 is 30.5 Å². The fourth-order valence-corrected chi connectivity index (χ4v) is 0. The number of carboxylic acid groups (broad SMARTS) is 5. The second kappa shape index (κ2) is 30.1. The van der Waals surface area contributed by atoms with Crippen LogP contribution in [0.25, 0.3) is 0 Å². The Kier molecular flexibility index (Phi) is 51.8. The normalized spacial score (nSPS) is 5.71. The largest absolute Gasteiger partial charge is 0.465 e. The monoisotopic (exact) mass is 364 g/mol. The van der Waals surface area contributed by atoms with Crippen LogP contribution < -0.4 is 28.7 Å². The molecule has 0 saturated heterocycles. The fraction of sp³-hybridized carbons (Fsp3) is 0. The van der Waals surface area contributed by atoms with E-state index in [0.717, 1.165) is 0 Å². The van der Waals surface area contributed by atoms with Crippen molar-refractivity contribution in [3.8, 4) is 0 Å². The van der Waals surface area contributed by atoms with Gasteiger partial charge in [-0.25, -0.2) is 24.0 Å². The van der Waals surface area contributed by atoms with Gasteiger partial charge in [-0.1, -0.05) is 0 Å². The quantitative estimate of drug-likeness (QED) is 0.227. The predicted molar refractivity (Wildman–Crippen MR) is 61.1 cm³/mol. The third-order valence-electron chi connectivity index (χ3n) is 0. The zero-order valence-electron chi connectivity index (χ0n) is 10.00. The van der Waals surface area contributed by atoms with Crippen LogP contribution in [0.15, 0.2) is 0 Å². The Morgan fingerprint density at radius 3 is 0.429 bits per heavy atom. The number of nitrogens with two attached hydrogens (primary N) is 5. The van der Waals surface area contributed by atoms with Crippen LogP contribution in [0.2, 0.25) is 0 Å². The van der Waals surface area contributed by atoms with Gasteiger partial charge in [0.15, 0.2) is 0 Å². The van der Waals surface area contributed by atoms with Crippen LogP contribution in [-0.2, 0) is 16.8 Å². The zero-order chi connectivity index (χ0) is 17.9. The van der Waals surface area contributed by atoms with E-state index in [4.69, 9.17) is 49.5 Å². The Morgan fingerprint density at radius 2 is 0.429 bits per heavy atom. The molecule has 16 heteroatoms. The molecule has 15 nitrogen and oxygen atoms in total. The topological polar surface area (TPSA) is 317 Å². The fourth-order valence-electron chi connectivity index (χ4n) is 0. The van der Waals surface area contributed by atoms with Crippen molar-refractivity contribution in [3.05, 3.63) is 0 Å². The molecular weight excluding hydrogens is 349 g/mol. The van der Waals surface area contributed by atoms with Crippen molar-refractivity contribution in [3.63, 3.8) is 0 Å². The molecule has 15 N–H and O–H groups in total. The molecule has 0 aliphatic heterocycles. The van der Waals surface area contributed by atoms with Crippen molar-refractivity contribution in [2.45, 2.75) is 0 Å². The van der Waals surface area contributed by atoms with Gasteiger partial charge in [-0.3, -0.25) is 0 Å². The summed E-state index contributed by atoms with van der Waals surface area (Å²) in [6, 6.07) is 0. The molecule has 0 unspecified atom stereocenters. The Labute approximate surface area is 126 Å². The van der Waals surface area contributed by atoms with Gasteiger partial charge in [0.1, 0.15) is 0 Å². The van der Waals surface area contributed by atoms with Crippen LogP contribution >= 0.6 is 0 Å². The first-order valence-electron chi connectivity index (χ1n) is 3.58. The van der Waals surface area contributed by atoms with E-state index < -0.39 is 30.5 Å². The van der Waals surface area contributed by atoms with Crippen LogP contribution in [0, 0.1) is 0 Å². The van der Waals surface area contributed by atoms with Crippen molar-refractivity contribution >= 4 is 30.5 Å². The van der Waals surface area contributed by atoms with Crippen LogP contribution in [-0.4, -0.2) is 56.0 Å². The van der Waals surface area contributed by atoms with E-state index in [1.165, 1.54) is 0 Å². The molecule has 0 aromatic heterocycles. The molecule has 0 rings (SSSR count). The Hall–Kier alpha value is -3.14. The zero-order valence-corrected chi connectivity index (χ0v) is 11.0. The Balaban J connectivity index is -0.0000000331. The molecule has 0 saturated carbocycles. The van der Waals surface area contributed by atoms with Gasteiger partial charge in [0.05, 0.1) is 0 Å². The first-order chi connectivity index (χ1) is 8.66. The maximum absolute atomic E-state index is 8.78. The molecule has 0 aromatic carbocycles. The van der Waals surface area contributed by atoms with Crippen LogP contribution in [0.4, 0.5) is 24.0 Å². The second-order valence-electron chi connectivity index (χ2n) is 1.69. The van der Waals surface area contributed by atoms with Gasteiger partial charge < -0.3 is 54.2 Å². The van der Waals surface area contributed by atoms with Crippen molar-refractivity contribution in [2.24, 2.45) is 28.7 Å². The van der Waals surface area contributed by atoms with E-state index >= 15 is 0 Å². The Bertz CT molecular complexity index is 221. The van der Waals surface area contributed by atoms with Crippen molar-refractivity contribution < 1.29 is 66.3 Å². The summed E-state index contributed by atoms with van der Waals surface area (Å²) in [6.45, 7) is 0. The van der Waals surface area contributed by atoms with Gasteiger partial charge in [-0.05, 0) is 0 Å². The predicted octanol–water partition coefficient (Wildman–Crippen LogP) is -1.89. The molecular formula is C5H15CoN5O10. The first-order valence-corrected chi connectivity index (χ1v) is 3.58. The summed E-state index contributed by atoms with van der Waals surface area (Å²) in [5.41, 5.74) is 20.1. The van der Waals surface area contributed by atoms with Gasteiger partial charge in [0, 0.05) is 16.8 Å².